The number of sulfonamides is 1. The first-order valence-electron chi connectivity index (χ1n) is 8.08. The van der Waals surface area contributed by atoms with Crippen LogP contribution in [0, 0.1) is 5.82 Å². The van der Waals surface area contributed by atoms with Gasteiger partial charge in [0.05, 0.1) is 5.75 Å². The molecule has 0 spiro atoms. The molecule has 2 fully saturated rings. The minimum absolute atomic E-state index is 0.0946. The number of nitrogens with one attached hydrogen (secondary N) is 2. The lowest BCUT2D eigenvalue weighted by molar-refractivity contribution is 0.311. The average Bonchev–Trinajstić information content (AvgIpc) is 2.93. The van der Waals surface area contributed by atoms with Gasteiger partial charge in [0, 0.05) is 31.8 Å². The summed E-state index contributed by atoms with van der Waals surface area (Å²) >= 11 is 0. The molecule has 3 rings (SSSR count). The zero-order valence-electron chi connectivity index (χ0n) is 13.4. The van der Waals surface area contributed by atoms with Crippen LogP contribution in [0.25, 0.3) is 0 Å². The summed E-state index contributed by atoms with van der Waals surface area (Å²) < 4.78 is 40.7. The van der Waals surface area contributed by atoms with E-state index in [0.717, 1.165) is 0 Å². The van der Waals surface area contributed by atoms with Gasteiger partial charge >= 0.3 is 0 Å². The van der Waals surface area contributed by atoms with Crippen LogP contribution in [0.5, 0.6) is 0 Å². The van der Waals surface area contributed by atoms with Gasteiger partial charge in [-0.1, -0.05) is 18.2 Å². The predicted molar refractivity (Wildman–Crippen MR) is 88.1 cm³/mol. The van der Waals surface area contributed by atoms with Crippen molar-refractivity contribution in [2.24, 2.45) is 0 Å². The largest absolute Gasteiger partial charge is 0.303 e. The van der Waals surface area contributed by atoms with E-state index in [2.05, 4.69) is 10.6 Å². The molecule has 0 bridgehead atoms. The van der Waals surface area contributed by atoms with Gasteiger partial charge in [-0.3, -0.25) is 5.32 Å². The number of rotatable bonds is 4. The lowest BCUT2D eigenvalue weighted by atomic mass is 9.90. The van der Waals surface area contributed by atoms with Crippen LogP contribution in [-0.4, -0.2) is 50.3 Å². The van der Waals surface area contributed by atoms with Gasteiger partial charge in [-0.2, -0.15) is 0 Å². The highest BCUT2D eigenvalue weighted by Crippen LogP contribution is 2.31. The maximum absolute atomic E-state index is 13.9. The number of benzene rings is 1. The molecule has 7 heteroatoms. The third-order valence-electron chi connectivity index (χ3n) is 4.85. The minimum atomic E-state index is -3.30. The Labute approximate surface area is 137 Å². The zero-order chi connectivity index (χ0) is 16.5. The molecule has 1 atom stereocenters. The van der Waals surface area contributed by atoms with Crippen LogP contribution in [0.15, 0.2) is 24.3 Å². The Hall–Kier alpha value is -1.02. The van der Waals surface area contributed by atoms with Gasteiger partial charge in [-0.25, -0.2) is 17.1 Å². The summed E-state index contributed by atoms with van der Waals surface area (Å²) in [5.74, 6) is 0.00392. The smallest absolute Gasteiger partial charge is 0.215 e. The maximum atomic E-state index is 13.9. The van der Waals surface area contributed by atoms with Crippen LogP contribution in [0.1, 0.15) is 31.2 Å². The minimum Gasteiger partial charge on any atom is -0.303 e. The molecule has 0 unspecified atom stereocenters. The van der Waals surface area contributed by atoms with Crippen LogP contribution in [0.3, 0.4) is 0 Å². The van der Waals surface area contributed by atoms with Crippen molar-refractivity contribution in [2.75, 3.05) is 32.1 Å². The second-order valence-electron chi connectivity index (χ2n) is 6.79. The summed E-state index contributed by atoms with van der Waals surface area (Å²) in [4.78, 5) is 0. The van der Waals surface area contributed by atoms with Gasteiger partial charge in [0.25, 0.3) is 0 Å². The quantitative estimate of drug-likeness (QED) is 0.865. The third-order valence-corrected chi connectivity index (χ3v) is 7.00. The Bertz CT molecular complexity index is 651. The molecule has 0 aromatic heterocycles. The van der Waals surface area contributed by atoms with E-state index >= 15 is 0 Å². The molecule has 2 aliphatic heterocycles. The zero-order valence-corrected chi connectivity index (χ0v) is 14.2. The fourth-order valence-electron chi connectivity index (χ4n) is 3.52. The van der Waals surface area contributed by atoms with Gasteiger partial charge in [0.1, 0.15) is 5.82 Å². The maximum Gasteiger partial charge on any atom is 0.215 e. The number of hydrogen-bond acceptors (Lipinski definition) is 4. The molecule has 0 saturated carbocycles. The summed E-state index contributed by atoms with van der Waals surface area (Å²) in [7, 11) is -3.30. The standard InChI is InChI=1S/C16H24FN3O2S/c1-16(10-18-12-19-16)11-23(21,22)20-8-6-13(7-9-20)14-4-2-3-5-15(14)17/h2-5,13,18-19H,6-12H2,1H3/t16-/m0/s1. The van der Waals surface area contributed by atoms with E-state index in [1.54, 1.807) is 16.4 Å². The number of halogens is 1. The molecule has 2 heterocycles. The van der Waals surface area contributed by atoms with Crippen molar-refractivity contribution >= 4 is 10.0 Å². The van der Waals surface area contributed by atoms with Crippen molar-refractivity contribution in [3.63, 3.8) is 0 Å². The first-order chi connectivity index (χ1) is 10.9. The van der Waals surface area contributed by atoms with Crippen molar-refractivity contribution in [3.05, 3.63) is 35.6 Å². The van der Waals surface area contributed by atoms with E-state index in [9.17, 15) is 12.8 Å². The molecule has 5 nitrogen and oxygen atoms in total. The highest BCUT2D eigenvalue weighted by Gasteiger charge is 2.37. The Morgan fingerprint density at radius 3 is 2.61 bits per heavy atom. The molecule has 2 saturated heterocycles. The monoisotopic (exact) mass is 341 g/mol. The second kappa shape index (κ2) is 6.47. The molecule has 0 aliphatic carbocycles. The van der Waals surface area contributed by atoms with Crippen molar-refractivity contribution in [3.8, 4) is 0 Å². The van der Waals surface area contributed by atoms with Crippen molar-refractivity contribution in [2.45, 2.75) is 31.2 Å². The van der Waals surface area contributed by atoms with Gasteiger partial charge < -0.3 is 5.32 Å². The molecule has 23 heavy (non-hydrogen) atoms. The molecule has 0 radical (unpaired) electrons. The lowest BCUT2D eigenvalue weighted by Gasteiger charge is -2.34. The summed E-state index contributed by atoms with van der Waals surface area (Å²) in [6.07, 6.45) is 1.34. The topological polar surface area (TPSA) is 61.4 Å². The first-order valence-corrected chi connectivity index (χ1v) is 9.69. The van der Waals surface area contributed by atoms with E-state index in [1.165, 1.54) is 6.07 Å². The summed E-state index contributed by atoms with van der Waals surface area (Å²) in [6.45, 7) is 4.14. The van der Waals surface area contributed by atoms with Gasteiger partial charge in [-0.05, 0) is 37.3 Å². The van der Waals surface area contributed by atoms with Crippen LogP contribution >= 0.6 is 0 Å². The number of nitrogens with zero attached hydrogens (tertiary/aromatic N) is 1. The first kappa shape index (κ1) is 16.8. The van der Waals surface area contributed by atoms with Gasteiger partial charge in [-0.15, -0.1) is 0 Å². The van der Waals surface area contributed by atoms with Crippen molar-refractivity contribution < 1.29 is 12.8 Å². The summed E-state index contributed by atoms with van der Waals surface area (Å²) in [5.41, 5.74) is 0.291. The van der Waals surface area contributed by atoms with E-state index < -0.39 is 15.6 Å². The molecule has 1 aromatic rings. The summed E-state index contributed by atoms with van der Waals surface area (Å²) in [5, 5.41) is 6.34. The average molecular weight is 341 g/mol. The normalized spacial score (nSPS) is 27.4. The Balaban J connectivity index is 1.63. The van der Waals surface area contributed by atoms with E-state index in [4.69, 9.17) is 0 Å². The number of hydrogen-bond donors (Lipinski definition) is 2. The van der Waals surface area contributed by atoms with E-state index in [0.29, 0.717) is 44.7 Å². The molecule has 2 N–H and O–H groups in total. The molecule has 128 valence electrons. The molecule has 0 amide bonds. The predicted octanol–water partition coefficient (Wildman–Crippen LogP) is 1.24. The molecular formula is C16H24FN3O2S. The highest BCUT2D eigenvalue weighted by atomic mass is 32.2. The van der Waals surface area contributed by atoms with E-state index in [1.807, 2.05) is 13.0 Å². The van der Waals surface area contributed by atoms with Crippen LogP contribution in [-0.2, 0) is 10.0 Å². The fraction of sp³-hybridized carbons (Fsp3) is 0.625. The Morgan fingerprint density at radius 1 is 1.30 bits per heavy atom. The van der Waals surface area contributed by atoms with Crippen LogP contribution in [0.2, 0.25) is 0 Å². The molecular weight excluding hydrogens is 317 g/mol. The molecule has 2 aliphatic rings. The lowest BCUT2D eigenvalue weighted by Crippen LogP contribution is -2.50. The third kappa shape index (κ3) is 3.74. The number of piperidine rings is 1. The van der Waals surface area contributed by atoms with Crippen molar-refractivity contribution in [1.82, 2.24) is 14.9 Å². The van der Waals surface area contributed by atoms with Gasteiger partial charge in [0.2, 0.25) is 10.0 Å². The van der Waals surface area contributed by atoms with Crippen molar-refractivity contribution in [1.29, 1.82) is 0 Å². The fourth-order valence-corrected chi connectivity index (χ4v) is 5.48. The molecule has 1 aromatic carbocycles. The second-order valence-corrected chi connectivity index (χ2v) is 8.76. The van der Waals surface area contributed by atoms with E-state index in [-0.39, 0.29) is 17.5 Å². The van der Waals surface area contributed by atoms with Gasteiger partial charge in [0.15, 0.2) is 0 Å². The summed E-state index contributed by atoms with van der Waals surface area (Å²) in [6, 6.07) is 6.79. The highest BCUT2D eigenvalue weighted by molar-refractivity contribution is 7.89. The Kier molecular flexibility index (Phi) is 4.73. The van der Waals surface area contributed by atoms with Crippen LogP contribution in [0.4, 0.5) is 4.39 Å². The Morgan fingerprint density at radius 2 is 2.00 bits per heavy atom. The SMILES string of the molecule is C[C@@]1(CS(=O)(=O)N2CCC(c3ccccc3F)CC2)CNCN1. The van der Waals surface area contributed by atoms with Crippen LogP contribution < -0.4 is 10.6 Å².